The average molecular weight is 221 g/mol. The minimum atomic E-state index is 0.158. The maximum atomic E-state index is 5.81. The lowest BCUT2D eigenvalue weighted by atomic mass is 10.0. The van der Waals surface area contributed by atoms with Crippen LogP contribution >= 0.6 is 0 Å². The van der Waals surface area contributed by atoms with Crippen molar-refractivity contribution in [3.8, 4) is 0 Å². The fraction of sp³-hybridized carbons (Fsp3) is 0.571. The Morgan fingerprint density at radius 1 is 1.19 bits per heavy atom. The maximum Gasteiger partial charge on any atom is 0.0722 e. The van der Waals surface area contributed by atoms with Crippen molar-refractivity contribution in [2.24, 2.45) is 5.73 Å². The van der Waals surface area contributed by atoms with Crippen LogP contribution in [0.3, 0.4) is 0 Å². The van der Waals surface area contributed by atoms with Crippen LogP contribution in [-0.4, -0.2) is 12.6 Å². The van der Waals surface area contributed by atoms with E-state index in [1.54, 1.807) is 0 Å². The van der Waals surface area contributed by atoms with E-state index in [4.69, 9.17) is 10.5 Å². The summed E-state index contributed by atoms with van der Waals surface area (Å²) in [4.78, 5) is 0. The molecule has 0 amide bonds. The third-order valence-electron chi connectivity index (χ3n) is 2.94. The molecule has 1 rings (SSSR count). The van der Waals surface area contributed by atoms with Gasteiger partial charge >= 0.3 is 0 Å². The van der Waals surface area contributed by atoms with Crippen LogP contribution < -0.4 is 5.73 Å². The first-order valence-electron chi connectivity index (χ1n) is 5.94. The van der Waals surface area contributed by atoms with Crippen molar-refractivity contribution >= 4 is 0 Å². The number of hydrogen-bond donors (Lipinski definition) is 1. The summed E-state index contributed by atoms with van der Waals surface area (Å²) in [7, 11) is 0. The summed E-state index contributed by atoms with van der Waals surface area (Å²) < 4.78 is 5.65. The molecule has 0 saturated heterocycles. The van der Waals surface area contributed by atoms with Crippen molar-refractivity contribution in [3.05, 3.63) is 34.4 Å². The molecule has 0 heterocycles. The van der Waals surface area contributed by atoms with E-state index in [2.05, 4.69) is 39.8 Å². The molecule has 90 valence electrons. The predicted molar refractivity (Wildman–Crippen MR) is 68.6 cm³/mol. The first-order chi connectivity index (χ1) is 7.54. The first kappa shape index (κ1) is 13.2. The fourth-order valence-corrected chi connectivity index (χ4v) is 1.87. The predicted octanol–water partition coefficient (Wildman–Crippen LogP) is 2.87. The molecule has 16 heavy (non-hydrogen) atoms. The second-order valence-electron chi connectivity index (χ2n) is 4.56. The molecule has 1 atom stereocenters. The number of hydrogen-bond acceptors (Lipinski definition) is 2. The number of nitrogens with two attached hydrogens (primary N) is 1. The van der Waals surface area contributed by atoms with Crippen LogP contribution in [0.4, 0.5) is 0 Å². The summed E-state index contributed by atoms with van der Waals surface area (Å²) in [5, 5.41) is 0. The second-order valence-corrected chi connectivity index (χ2v) is 4.56. The highest BCUT2D eigenvalue weighted by Gasteiger charge is 2.05. The van der Waals surface area contributed by atoms with Gasteiger partial charge in [-0.2, -0.15) is 0 Å². The summed E-state index contributed by atoms with van der Waals surface area (Å²) in [6.07, 6.45) is 0.964. The molecular weight excluding hydrogens is 198 g/mol. The Balaban J connectivity index is 2.60. The highest BCUT2D eigenvalue weighted by atomic mass is 16.5. The number of ether oxygens (including phenoxy) is 1. The van der Waals surface area contributed by atoms with Crippen LogP contribution in [0, 0.1) is 20.8 Å². The molecule has 2 N–H and O–H groups in total. The van der Waals surface area contributed by atoms with Gasteiger partial charge in [-0.15, -0.1) is 0 Å². The zero-order valence-corrected chi connectivity index (χ0v) is 10.8. The van der Waals surface area contributed by atoms with Gasteiger partial charge in [-0.3, -0.25) is 0 Å². The molecule has 2 heteroatoms. The molecule has 0 aliphatic heterocycles. The first-order valence-corrected chi connectivity index (χ1v) is 5.94. The summed E-state index contributed by atoms with van der Waals surface area (Å²) in [5.74, 6) is 0. The van der Waals surface area contributed by atoms with Crippen molar-refractivity contribution in [3.63, 3.8) is 0 Å². The lowest BCUT2D eigenvalue weighted by molar-refractivity contribution is 0.106. The van der Waals surface area contributed by atoms with Crippen LogP contribution in [0.25, 0.3) is 0 Å². The molecule has 0 aromatic heterocycles. The van der Waals surface area contributed by atoms with Gasteiger partial charge in [0.25, 0.3) is 0 Å². The van der Waals surface area contributed by atoms with Crippen LogP contribution in [0.1, 0.15) is 35.6 Å². The van der Waals surface area contributed by atoms with E-state index < -0.39 is 0 Å². The van der Waals surface area contributed by atoms with Crippen molar-refractivity contribution in [1.82, 2.24) is 0 Å². The van der Waals surface area contributed by atoms with Crippen LogP contribution in [-0.2, 0) is 11.3 Å². The monoisotopic (exact) mass is 221 g/mol. The van der Waals surface area contributed by atoms with E-state index in [1.807, 2.05) is 0 Å². The molecule has 0 spiro atoms. The second kappa shape index (κ2) is 6.02. The summed E-state index contributed by atoms with van der Waals surface area (Å²) in [6.45, 7) is 9.79. The van der Waals surface area contributed by atoms with Gasteiger partial charge in [0.2, 0.25) is 0 Å². The van der Waals surface area contributed by atoms with Gasteiger partial charge in [0.1, 0.15) is 0 Å². The molecule has 0 saturated carbocycles. The van der Waals surface area contributed by atoms with E-state index in [9.17, 15) is 0 Å². The topological polar surface area (TPSA) is 35.2 Å². The van der Waals surface area contributed by atoms with Gasteiger partial charge in [-0.05, 0) is 43.9 Å². The normalized spacial score (nSPS) is 12.8. The van der Waals surface area contributed by atoms with Crippen LogP contribution in [0.2, 0.25) is 0 Å². The zero-order chi connectivity index (χ0) is 12.1. The maximum absolute atomic E-state index is 5.81. The Bertz CT molecular complexity index is 324. The van der Waals surface area contributed by atoms with Gasteiger partial charge in [-0.25, -0.2) is 0 Å². The SMILES string of the molecule is CCC(N)COCc1c(C)cc(C)cc1C. The summed E-state index contributed by atoms with van der Waals surface area (Å²) in [6, 6.07) is 4.56. The Kier molecular flexibility index (Phi) is 4.97. The Morgan fingerprint density at radius 2 is 1.75 bits per heavy atom. The number of rotatable bonds is 5. The van der Waals surface area contributed by atoms with Gasteiger partial charge in [-0.1, -0.05) is 24.6 Å². The number of aryl methyl sites for hydroxylation is 3. The molecule has 0 radical (unpaired) electrons. The minimum Gasteiger partial charge on any atom is -0.375 e. The highest BCUT2D eigenvalue weighted by molar-refractivity contribution is 5.36. The molecule has 0 aliphatic carbocycles. The molecule has 0 bridgehead atoms. The molecule has 1 aromatic rings. The van der Waals surface area contributed by atoms with Gasteiger partial charge < -0.3 is 10.5 Å². The van der Waals surface area contributed by atoms with E-state index >= 15 is 0 Å². The van der Waals surface area contributed by atoms with Crippen molar-refractivity contribution in [1.29, 1.82) is 0 Å². The van der Waals surface area contributed by atoms with E-state index in [0.29, 0.717) is 13.2 Å². The molecule has 1 unspecified atom stereocenters. The third-order valence-corrected chi connectivity index (χ3v) is 2.94. The standard InChI is InChI=1S/C14H23NO/c1-5-13(15)8-16-9-14-11(3)6-10(2)7-12(14)4/h6-7,13H,5,8-9,15H2,1-4H3. The summed E-state index contributed by atoms with van der Waals surface area (Å²) in [5.41, 5.74) is 11.0. The third kappa shape index (κ3) is 3.62. The van der Waals surface area contributed by atoms with E-state index in [1.165, 1.54) is 22.3 Å². The Labute approximate surface area is 98.8 Å². The minimum absolute atomic E-state index is 0.158. The number of benzene rings is 1. The average Bonchev–Trinajstić information content (AvgIpc) is 2.21. The smallest absolute Gasteiger partial charge is 0.0722 e. The van der Waals surface area contributed by atoms with Crippen molar-refractivity contribution in [2.75, 3.05) is 6.61 Å². The lowest BCUT2D eigenvalue weighted by Crippen LogP contribution is -2.25. The van der Waals surface area contributed by atoms with Crippen molar-refractivity contribution in [2.45, 2.75) is 46.8 Å². The van der Waals surface area contributed by atoms with Crippen LogP contribution in [0.5, 0.6) is 0 Å². The zero-order valence-electron chi connectivity index (χ0n) is 10.8. The van der Waals surface area contributed by atoms with Crippen molar-refractivity contribution < 1.29 is 4.74 Å². The molecular formula is C14H23NO. The molecule has 1 aromatic carbocycles. The lowest BCUT2D eigenvalue weighted by Gasteiger charge is -2.14. The fourth-order valence-electron chi connectivity index (χ4n) is 1.87. The van der Waals surface area contributed by atoms with Gasteiger partial charge in [0.05, 0.1) is 13.2 Å². The molecule has 0 fully saturated rings. The summed E-state index contributed by atoms with van der Waals surface area (Å²) >= 11 is 0. The van der Waals surface area contributed by atoms with Gasteiger partial charge in [0, 0.05) is 6.04 Å². The Morgan fingerprint density at radius 3 is 2.25 bits per heavy atom. The quantitative estimate of drug-likeness (QED) is 0.829. The Hall–Kier alpha value is -0.860. The van der Waals surface area contributed by atoms with E-state index in [-0.39, 0.29) is 6.04 Å². The highest BCUT2D eigenvalue weighted by Crippen LogP contribution is 2.17. The molecule has 2 nitrogen and oxygen atoms in total. The van der Waals surface area contributed by atoms with E-state index in [0.717, 1.165) is 6.42 Å². The largest absolute Gasteiger partial charge is 0.375 e. The van der Waals surface area contributed by atoms with Crippen LogP contribution in [0.15, 0.2) is 12.1 Å². The van der Waals surface area contributed by atoms with Gasteiger partial charge in [0.15, 0.2) is 0 Å². The molecule has 0 aliphatic rings.